The van der Waals surface area contributed by atoms with Crippen LogP contribution in [-0.4, -0.2) is 62.4 Å². The number of carbonyl (C=O) groups is 1. The van der Waals surface area contributed by atoms with E-state index in [1.54, 1.807) is 43.5 Å². The van der Waals surface area contributed by atoms with Gasteiger partial charge in [0.2, 0.25) is 10.0 Å². The van der Waals surface area contributed by atoms with E-state index in [4.69, 9.17) is 4.74 Å². The molecule has 13 heteroatoms. The van der Waals surface area contributed by atoms with Gasteiger partial charge in [0.05, 0.1) is 42.6 Å². The summed E-state index contributed by atoms with van der Waals surface area (Å²) in [5.74, 6) is -1.68. The highest BCUT2D eigenvalue weighted by Crippen LogP contribution is 2.30. The number of amides is 1. The molecule has 4 N–H and O–H groups in total. The third kappa shape index (κ3) is 9.58. The third-order valence-electron chi connectivity index (χ3n) is 7.28. The number of nitrogens with zero attached hydrogens (tertiary/aromatic N) is 2. The van der Waals surface area contributed by atoms with E-state index < -0.39 is 39.7 Å². The lowest BCUT2D eigenvalue weighted by Crippen LogP contribution is -2.48. The van der Waals surface area contributed by atoms with Gasteiger partial charge in [0.25, 0.3) is 5.91 Å². The number of benzene rings is 4. The summed E-state index contributed by atoms with van der Waals surface area (Å²) in [4.78, 5) is 13.8. The van der Waals surface area contributed by atoms with Crippen LogP contribution in [0.4, 0.5) is 20.2 Å². The van der Waals surface area contributed by atoms with Crippen LogP contribution in [0.15, 0.2) is 96.2 Å². The SMILES string of the molecule is COc1cccc(CNC[C@@H](O)[C@H](Cc2cc(F)cc(F)c2)NC(=O)c2cc(/C(C)=N/O)cc(N(c3ccccc3)S(C)(=O)=O)c2)c1. The molecule has 0 spiro atoms. The van der Waals surface area contributed by atoms with Crippen molar-refractivity contribution >= 4 is 33.0 Å². The summed E-state index contributed by atoms with van der Waals surface area (Å²) >= 11 is 0. The van der Waals surface area contributed by atoms with Crippen molar-refractivity contribution in [3.8, 4) is 5.75 Å². The molecule has 10 nitrogen and oxygen atoms in total. The number of aliphatic hydroxyl groups excluding tert-OH is 1. The number of oxime groups is 1. The summed E-state index contributed by atoms with van der Waals surface area (Å²) in [6.45, 7) is 1.83. The van der Waals surface area contributed by atoms with E-state index in [1.165, 1.54) is 25.1 Å². The second-order valence-electron chi connectivity index (χ2n) is 10.9. The zero-order valence-corrected chi connectivity index (χ0v) is 26.8. The first-order valence-electron chi connectivity index (χ1n) is 14.5. The number of hydrogen-bond donors (Lipinski definition) is 4. The van der Waals surface area contributed by atoms with Crippen molar-refractivity contribution in [2.24, 2.45) is 5.16 Å². The van der Waals surface area contributed by atoms with Crippen LogP contribution in [-0.2, 0) is 23.0 Å². The van der Waals surface area contributed by atoms with Crippen LogP contribution >= 0.6 is 0 Å². The maximum atomic E-state index is 14.1. The second kappa shape index (κ2) is 15.6. The molecule has 248 valence electrons. The molecule has 0 aliphatic rings. The Morgan fingerprint density at radius 2 is 1.60 bits per heavy atom. The molecule has 0 saturated heterocycles. The number of aliphatic hydroxyl groups is 1. The average molecular weight is 667 g/mol. The monoisotopic (exact) mass is 666 g/mol. The standard InChI is InChI=1S/C34H36F2N4O6S/c1-22(39-43)25-16-26(18-30(17-25)40(47(3,44)45)29-9-5-4-6-10-29)34(42)38-32(15-24-12-27(35)19-28(36)13-24)33(41)21-37-20-23-8-7-11-31(14-23)46-2/h4-14,16-19,32-33,37,41,43H,15,20-21H2,1-3H3,(H,38,42)/b39-22+/t32-,33+/m0/s1. The lowest BCUT2D eigenvalue weighted by molar-refractivity contribution is 0.0830. The van der Waals surface area contributed by atoms with Crippen molar-refractivity contribution in [3.63, 3.8) is 0 Å². The molecule has 4 aromatic rings. The van der Waals surface area contributed by atoms with Crippen LogP contribution in [0.5, 0.6) is 5.75 Å². The van der Waals surface area contributed by atoms with Crippen molar-refractivity contribution < 1.29 is 37.0 Å². The van der Waals surface area contributed by atoms with Gasteiger partial charge in [-0.1, -0.05) is 35.5 Å². The molecule has 0 aliphatic heterocycles. The van der Waals surface area contributed by atoms with Crippen molar-refractivity contribution in [2.75, 3.05) is 24.2 Å². The van der Waals surface area contributed by atoms with E-state index in [1.807, 2.05) is 18.2 Å². The summed E-state index contributed by atoms with van der Waals surface area (Å²) in [6, 6.07) is 21.7. The number of halogens is 2. The van der Waals surface area contributed by atoms with E-state index in [2.05, 4.69) is 15.8 Å². The molecular formula is C34H36F2N4O6S. The molecule has 0 radical (unpaired) electrons. The molecule has 47 heavy (non-hydrogen) atoms. The van der Waals surface area contributed by atoms with Crippen LogP contribution in [0, 0.1) is 11.6 Å². The molecule has 4 aromatic carbocycles. The first kappa shape index (κ1) is 35.0. The fourth-order valence-electron chi connectivity index (χ4n) is 5.03. The summed E-state index contributed by atoms with van der Waals surface area (Å²) in [5, 5.41) is 29.8. The van der Waals surface area contributed by atoms with Crippen LogP contribution in [0.2, 0.25) is 0 Å². The number of nitrogens with one attached hydrogen (secondary N) is 2. The highest BCUT2D eigenvalue weighted by atomic mass is 32.2. The molecule has 0 unspecified atom stereocenters. The Labute approximate surface area is 272 Å². The van der Waals surface area contributed by atoms with Gasteiger partial charge < -0.3 is 25.7 Å². The Hall–Kier alpha value is -4.85. The molecule has 0 heterocycles. The van der Waals surface area contributed by atoms with Crippen molar-refractivity contribution in [1.82, 2.24) is 10.6 Å². The Kier molecular flexibility index (Phi) is 11.6. The number of ether oxygens (including phenoxy) is 1. The number of hydrogen-bond acceptors (Lipinski definition) is 8. The van der Waals surface area contributed by atoms with E-state index in [0.717, 1.165) is 34.3 Å². The minimum atomic E-state index is -3.91. The fraction of sp³-hybridized carbons (Fsp3) is 0.235. The Bertz CT molecular complexity index is 1820. The molecule has 2 atom stereocenters. The van der Waals surface area contributed by atoms with Crippen LogP contribution < -0.4 is 19.7 Å². The second-order valence-corrected chi connectivity index (χ2v) is 12.8. The molecule has 1 amide bonds. The molecule has 0 aliphatic carbocycles. The number of rotatable bonds is 14. The number of methoxy groups -OCH3 is 1. The summed E-state index contributed by atoms with van der Waals surface area (Å²) in [6.07, 6.45) is -0.343. The minimum Gasteiger partial charge on any atom is -0.497 e. The lowest BCUT2D eigenvalue weighted by atomic mass is 9.99. The maximum Gasteiger partial charge on any atom is 0.251 e. The molecule has 0 aromatic heterocycles. The lowest BCUT2D eigenvalue weighted by Gasteiger charge is -2.26. The average Bonchev–Trinajstić information content (AvgIpc) is 3.03. The first-order valence-corrected chi connectivity index (χ1v) is 16.4. The van der Waals surface area contributed by atoms with Crippen molar-refractivity contribution in [2.45, 2.75) is 32.0 Å². The number of para-hydroxylation sites is 1. The molecular weight excluding hydrogens is 630 g/mol. The van der Waals surface area contributed by atoms with Gasteiger partial charge in [0.1, 0.15) is 17.4 Å². The maximum absolute atomic E-state index is 14.1. The topological polar surface area (TPSA) is 141 Å². The van der Waals surface area contributed by atoms with Crippen LogP contribution in [0.25, 0.3) is 0 Å². The van der Waals surface area contributed by atoms with Crippen LogP contribution in [0.1, 0.15) is 34.0 Å². The van der Waals surface area contributed by atoms with Gasteiger partial charge in [0, 0.05) is 30.3 Å². The Morgan fingerprint density at radius 3 is 2.23 bits per heavy atom. The van der Waals surface area contributed by atoms with E-state index in [9.17, 15) is 32.3 Å². The largest absolute Gasteiger partial charge is 0.497 e. The number of carbonyl (C=O) groups excluding carboxylic acids is 1. The van der Waals surface area contributed by atoms with E-state index >= 15 is 0 Å². The third-order valence-corrected chi connectivity index (χ3v) is 8.37. The Balaban J connectivity index is 1.66. The van der Waals surface area contributed by atoms with Crippen LogP contribution in [0.3, 0.4) is 0 Å². The van der Waals surface area contributed by atoms with Gasteiger partial charge in [-0.3, -0.25) is 4.79 Å². The van der Waals surface area contributed by atoms with Gasteiger partial charge in [-0.05, 0) is 79.1 Å². The highest BCUT2D eigenvalue weighted by molar-refractivity contribution is 7.92. The minimum absolute atomic E-state index is 0.00259. The van der Waals surface area contributed by atoms with Crippen molar-refractivity contribution in [1.29, 1.82) is 0 Å². The zero-order valence-electron chi connectivity index (χ0n) is 26.0. The van der Waals surface area contributed by atoms with E-state index in [-0.39, 0.29) is 41.1 Å². The number of sulfonamides is 1. The van der Waals surface area contributed by atoms with E-state index in [0.29, 0.717) is 18.0 Å². The molecule has 4 rings (SSSR count). The quantitative estimate of drug-likeness (QED) is 0.0865. The zero-order chi connectivity index (χ0) is 34.1. The summed E-state index contributed by atoms with van der Waals surface area (Å²) in [5.41, 5.74) is 1.82. The van der Waals surface area contributed by atoms with Gasteiger partial charge in [-0.2, -0.15) is 0 Å². The predicted molar refractivity (Wildman–Crippen MR) is 176 cm³/mol. The summed E-state index contributed by atoms with van der Waals surface area (Å²) in [7, 11) is -2.36. The molecule has 0 fully saturated rings. The van der Waals surface area contributed by atoms with Gasteiger partial charge in [0.15, 0.2) is 0 Å². The molecule has 0 saturated carbocycles. The highest BCUT2D eigenvalue weighted by Gasteiger charge is 2.26. The predicted octanol–water partition coefficient (Wildman–Crippen LogP) is 4.76. The molecule has 0 bridgehead atoms. The normalized spacial score (nSPS) is 13.1. The van der Waals surface area contributed by atoms with Gasteiger partial charge >= 0.3 is 0 Å². The number of anilines is 2. The van der Waals surface area contributed by atoms with Gasteiger partial charge in [-0.15, -0.1) is 0 Å². The first-order chi connectivity index (χ1) is 22.4. The fourth-order valence-corrected chi connectivity index (χ4v) is 6.02. The Morgan fingerprint density at radius 1 is 0.915 bits per heavy atom. The summed E-state index contributed by atoms with van der Waals surface area (Å²) < 4.78 is 60.4. The van der Waals surface area contributed by atoms with Crippen molar-refractivity contribution in [3.05, 3.63) is 125 Å². The smallest absolute Gasteiger partial charge is 0.251 e. The van der Waals surface area contributed by atoms with Gasteiger partial charge in [-0.25, -0.2) is 21.5 Å².